The van der Waals surface area contributed by atoms with Crippen molar-refractivity contribution in [2.75, 3.05) is 18.5 Å². The minimum absolute atomic E-state index is 0.288. The molecule has 7 heteroatoms. The summed E-state index contributed by atoms with van der Waals surface area (Å²) in [6, 6.07) is 8.27. The van der Waals surface area contributed by atoms with E-state index in [-0.39, 0.29) is 5.56 Å². The predicted octanol–water partition coefficient (Wildman–Crippen LogP) is 2.04. The highest BCUT2D eigenvalue weighted by molar-refractivity contribution is 5.97. The Morgan fingerprint density at radius 1 is 1.21 bits per heavy atom. The molecule has 24 heavy (non-hydrogen) atoms. The number of benzene rings is 1. The van der Waals surface area contributed by atoms with Crippen LogP contribution in [0.25, 0.3) is 0 Å². The molecule has 124 valence electrons. The number of rotatable bonds is 4. The lowest BCUT2D eigenvalue weighted by Gasteiger charge is -2.19. The van der Waals surface area contributed by atoms with Gasteiger partial charge in [-0.1, -0.05) is 0 Å². The zero-order valence-corrected chi connectivity index (χ0v) is 13.0. The van der Waals surface area contributed by atoms with Gasteiger partial charge in [0.1, 0.15) is 13.2 Å². The number of aromatic nitrogens is 1. The number of hydrogen-bond donors (Lipinski definition) is 1. The molecule has 1 aromatic heterocycles. The first-order valence-electron chi connectivity index (χ1n) is 7.45. The summed E-state index contributed by atoms with van der Waals surface area (Å²) >= 11 is 0. The van der Waals surface area contributed by atoms with Crippen molar-refractivity contribution in [2.45, 2.75) is 13.0 Å². The number of anilines is 1. The fraction of sp³-hybridized carbons (Fsp3) is 0.235. The Labute approximate surface area is 138 Å². The molecule has 0 unspecified atom stereocenters. The molecule has 0 bridgehead atoms. The van der Waals surface area contributed by atoms with Gasteiger partial charge >= 0.3 is 5.97 Å². The van der Waals surface area contributed by atoms with Gasteiger partial charge in [-0.2, -0.15) is 0 Å². The van der Waals surface area contributed by atoms with Gasteiger partial charge in [0.25, 0.3) is 5.91 Å². The molecule has 2 heterocycles. The highest BCUT2D eigenvalue weighted by atomic mass is 16.6. The summed E-state index contributed by atoms with van der Waals surface area (Å²) in [5.41, 5.74) is 0.824. The van der Waals surface area contributed by atoms with Gasteiger partial charge in [-0.15, -0.1) is 0 Å². The number of pyridine rings is 1. The molecule has 1 aliphatic heterocycles. The monoisotopic (exact) mass is 328 g/mol. The van der Waals surface area contributed by atoms with E-state index in [4.69, 9.17) is 14.2 Å². The molecule has 3 rings (SSSR count). The number of carbonyl (C=O) groups excluding carboxylic acids is 2. The topological polar surface area (TPSA) is 86.8 Å². The zero-order chi connectivity index (χ0) is 16.9. The molecule has 0 saturated heterocycles. The van der Waals surface area contributed by atoms with Crippen LogP contribution in [0, 0.1) is 0 Å². The van der Waals surface area contributed by atoms with Gasteiger partial charge in [0.2, 0.25) is 0 Å². The van der Waals surface area contributed by atoms with E-state index >= 15 is 0 Å². The van der Waals surface area contributed by atoms with Gasteiger partial charge in [-0.25, -0.2) is 4.79 Å². The third-order valence-corrected chi connectivity index (χ3v) is 3.36. The first-order chi connectivity index (χ1) is 11.6. The molecule has 7 nitrogen and oxygen atoms in total. The highest BCUT2D eigenvalue weighted by Gasteiger charge is 2.20. The van der Waals surface area contributed by atoms with Crippen LogP contribution >= 0.6 is 0 Å². The smallest absolute Gasteiger partial charge is 0.340 e. The molecular formula is C17H16N2O5. The lowest BCUT2D eigenvalue weighted by Crippen LogP contribution is -2.30. The van der Waals surface area contributed by atoms with Gasteiger partial charge in [0, 0.05) is 24.1 Å². The average molecular weight is 328 g/mol. The van der Waals surface area contributed by atoms with Crippen LogP contribution in [0.5, 0.6) is 11.5 Å². The third kappa shape index (κ3) is 3.62. The molecule has 1 aromatic carbocycles. The van der Waals surface area contributed by atoms with E-state index in [0.29, 0.717) is 30.4 Å². The zero-order valence-electron chi connectivity index (χ0n) is 13.0. The molecule has 0 spiro atoms. The largest absolute Gasteiger partial charge is 0.486 e. The summed E-state index contributed by atoms with van der Waals surface area (Å²) in [7, 11) is 0. The standard InChI is InChI=1S/C17H16N2O5/c1-11(24-17(21)12-3-2-6-18-10-12)16(20)19-13-4-5-14-15(9-13)23-8-7-22-14/h2-6,9-11H,7-8H2,1H3,(H,19,20)/t11-/m1/s1. The number of fused-ring (bicyclic) bond motifs is 1. The first-order valence-corrected chi connectivity index (χ1v) is 7.45. The number of amides is 1. The number of carbonyl (C=O) groups is 2. The number of nitrogens with one attached hydrogen (secondary N) is 1. The SMILES string of the molecule is C[C@@H](OC(=O)c1cccnc1)C(=O)Nc1ccc2c(c1)OCCO2. The van der Waals surface area contributed by atoms with E-state index in [1.54, 1.807) is 36.5 Å². The molecule has 1 amide bonds. The van der Waals surface area contributed by atoms with Crippen molar-refractivity contribution in [1.82, 2.24) is 4.98 Å². The summed E-state index contributed by atoms with van der Waals surface area (Å²) in [6.45, 7) is 2.46. The van der Waals surface area contributed by atoms with Crippen LogP contribution in [-0.2, 0) is 9.53 Å². The van der Waals surface area contributed by atoms with Crippen LogP contribution in [0.4, 0.5) is 5.69 Å². The molecule has 1 aliphatic rings. The van der Waals surface area contributed by atoms with Crippen molar-refractivity contribution in [1.29, 1.82) is 0 Å². The quantitative estimate of drug-likeness (QED) is 0.864. The van der Waals surface area contributed by atoms with E-state index in [1.165, 1.54) is 13.1 Å². The molecule has 1 N–H and O–H groups in total. The van der Waals surface area contributed by atoms with E-state index in [2.05, 4.69) is 10.3 Å². The van der Waals surface area contributed by atoms with E-state index in [9.17, 15) is 9.59 Å². The summed E-state index contributed by atoms with van der Waals surface area (Å²) in [4.78, 5) is 27.9. The molecule has 2 aromatic rings. The summed E-state index contributed by atoms with van der Waals surface area (Å²) < 4.78 is 16.0. The number of esters is 1. The van der Waals surface area contributed by atoms with E-state index in [1.807, 2.05) is 0 Å². The third-order valence-electron chi connectivity index (χ3n) is 3.36. The maximum Gasteiger partial charge on any atom is 0.340 e. The second-order valence-electron chi connectivity index (χ2n) is 5.14. The predicted molar refractivity (Wildman–Crippen MR) is 85.2 cm³/mol. The van der Waals surface area contributed by atoms with Crippen molar-refractivity contribution in [3.63, 3.8) is 0 Å². The van der Waals surface area contributed by atoms with Gasteiger partial charge in [-0.3, -0.25) is 9.78 Å². The Kier molecular flexibility index (Phi) is 4.60. The lowest BCUT2D eigenvalue weighted by atomic mass is 10.2. The van der Waals surface area contributed by atoms with Crippen molar-refractivity contribution in [3.8, 4) is 11.5 Å². The van der Waals surface area contributed by atoms with Crippen molar-refractivity contribution >= 4 is 17.6 Å². The molecule has 1 atom stereocenters. The number of nitrogens with zero attached hydrogens (tertiary/aromatic N) is 1. The minimum Gasteiger partial charge on any atom is -0.486 e. The van der Waals surface area contributed by atoms with Crippen LogP contribution < -0.4 is 14.8 Å². The molecular weight excluding hydrogens is 312 g/mol. The Morgan fingerprint density at radius 3 is 2.75 bits per heavy atom. The fourth-order valence-electron chi connectivity index (χ4n) is 2.13. The number of hydrogen-bond acceptors (Lipinski definition) is 6. The fourth-order valence-corrected chi connectivity index (χ4v) is 2.13. The van der Waals surface area contributed by atoms with Gasteiger partial charge < -0.3 is 19.5 Å². The van der Waals surface area contributed by atoms with Gasteiger partial charge in [0.05, 0.1) is 5.56 Å². The van der Waals surface area contributed by atoms with Crippen molar-refractivity contribution in [2.24, 2.45) is 0 Å². The Bertz CT molecular complexity index is 748. The minimum atomic E-state index is -0.953. The second kappa shape index (κ2) is 6.99. The Morgan fingerprint density at radius 2 is 2.00 bits per heavy atom. The highest BCUT2D eigenvalue weighted by Crippen LogP contribution is 2.32. The Hall–Kier alpha value is -3.09. The van der Waals surface area contributed by atoms with Crippen LogP contribution in [0.2, 0.25) is 0 Å². The van der Waals surface area contributed by atoms with Crippen molar-refractivity contribution < 1.29 is 23.8 Å². The summed E-state index contributed by atoms with van der Waals surface area (Å²) in [5.74, 6) is 0.159. The first kappa shape index (κ1) is 15.8. The Balaban J connectivity index is 1.61. The number of ether oxygens (including phenoxy) is 3. The maximum atomic E-state index is 12.2. The van der Waals surface area contributed by atoms with Crippen LogP contribution in [0.3, 0.4) is 0 Å². The summed E-state index contributed by atoms with van der Waals surface area (Å²) in [5, 5.41) is 2.68. The van der Waals surface area contributed by atoms with Crippen LogP contribution in [-0.4, -0.2) is 36.2 Å². The molecule has 0 aliphatic carbocycles. The average Bonchev–Trinajstić information content (AvgIpc) is 2.62. The molecule has 0 radical (unpaired) electrons. The van der Waals surface area contributed by atoms with Gasteiger partial charge in [0.15, 0.2) is 17.6 Å². The van der Waals surface area contributed by atoms with E-state index < -0.39 is 18.0 Å². The lowest BCUT2D eigenvalue weighted by molar-refractivity contribution is -0.123. The van der Waals surface area contributed by atoms with E-state index in [0.717, 1.165) is 0 Å². The van der Waals surface area contributed by atoms with Crippen LogP contribution in [0.1, 0.15) is 17.3 Å². The molecule has 0 saturated carbocycles. The van der Waals surface area contributed by atoms with Crippen molar-refractivity contribution in [3.05, 3.63) is 48.3 Å². The normalized spacial score (nSPS) is 13.7. The molecule has 0 fully saturated rings. The van der Waals surface area contributed by atoms with Gasteiger partial charge in [-0.05, 0) is 31.2 Å². The summed E-state index contributed by atoms with van der Waals surface area (Å²) in [6.07, 6.45) is 1.98. The maximum absolute atomic E-state index is 12.2. The van der Waals surface area contributed by atoms with Crippen LogP contribution in [0.15, 0.2) is 42.7 Å². The second-order valence-corrected chi connectivity index (χ2v) is 5.14.